The molecule has 0 amide bonds. The Bertz CT molecular complexity index is 572. The third kappa shape index (κ3) is 1.93. The summed E-state index contributed by atoms with van der Waals surface area (Å²) >= 11 is 3.36. The number of nitrogens with zero attached hydrogens (tertiary/aromatic N) is 1. The third-order valence-electron chi connectivity index (χ3n) is 2.30. The topological polar surface area (TPSA) is 44.0 Å². The van der Waals surface area contributed by atoms with Gasteiger partial charge in [0.05, 0.1) is 11.6 Å². The van der Waals surface area contributed by atoms with E-state index in [1.807, 2.05) is 18.2 Å². The highest BCUT2D eigenvalue weighted by molar-refractivity contribution is 9.10. The van der Waals surface area contributed by atoms with Gasteiger partial charge < -0.3 is 5.11 Å². The third-order valence-corrected chi connectivity index (χ3v) is 2.79. The summed E-state index contributed by atoms with van der Waals surface area (Å²) in [5.74, 6) is 0.178. The van der Waals surface area contributed by atoms with Crippen LogP contribution in [0.3, 0.4) is 0 Å². The number of phenols is 1. The first-order chi connectivity index (χ1) is 7.72. The van der Waals surface area contributed by atoms with E-state index in [0.717, 1.165) is 10.0 Å². The molecule has 0 spiro atoms. The quantitative estimate of drug-likeness (QED) is 0.861. The van der Waals surface area contributed by atoms with Crippen LogP contribution >= 0.6 is 15.9 Å². The second kappa shape index (κ2) is 4.38. The molecule has 3 heteroatoms. The Kier molecular flexibility index (Phi) is 2.93. The summed E-state index contributed by atoms with van der Waals surface area (Å²) in [6, 6.07) is 14.5. The van der Waals surface area contributed by atoms with Crippen molar-refractivity contribution in [2.24, 2.45) is 0 Å². The molecule has 78 valence electrons. The molecule has 1 N–H and O–H groups in total. The average molecular weight is 274 g/mol. The maximum absolute atomic E-state index is 9.75. The van der Waals surface area contributed by atoms with E-state index >= 15 is 0 Å². The van der Waals surface area contributed by atoms with E-state index in [1.54, 1.807) is 24.3 Å². The molecular weight excluding hydrogens is 266 g/mol. The lowest BCUT2D eigenvalue weighted by Crippen LogP contribution is -1.85. The van der Waals surface area contributed by atoms with Crippen molar-refractivity contribution in [1.82, 2.24) is 0 Å². The van der Waals surface area contributed by atoms with Crippen LogP contribution in [0.15, 0.2) is 46.9 Å². The van der Waals surface area contributed by atoms with Crippen LogP contribution in [-0.2, 0) is 0 Å². The van der Waals surface area contributed by atoms with Crippen LogP contribution in [0.25, 0.3) is 11.1 Å². The van der Waals surface area contributed by atoms with E-state index in [9.17, 15) is 5.11 Å². The standard InChI is InChI=1S/C13H8BrNO/c14-10-6-5-9(8-15)12(7-10)11-3-1-2-4-13(11)16/h1-7,16H. The molecule has 2 rings (SSSR count). The predicted octanol–water partition coefficient (Wildman–Crippen LogP) is 3.69. The molecule has 0 radical (unpaired) electrons. The summed E-state index contributed by atoms with van der Waals surface area (Å²) in [6.45, 7) is 0. The molecule has 2 aromatic rings. The van der Waals surface area contributed by atoms with Gasteiger partial charge in [-0.25, -0.2) is 0 Å². The molecule has 0 bridgehead atoms. The highest BCUT2D eigenvalue weighted by atomic mass is 79.9. The van der Waals surface area contributed by atoms with Gasteiger partial charge in [-0.15, -0.1) is 0 Å². The number of aromatic hydroxyl groups is 1. The minimum Gasteiger partial charge on any atom is -0.507 e. The summed E-state index contributed by atoms with van der Waals surface area (Å²) in [5.41, 5.74) is 1.94. The molecule has 0 aliphatic carbocycles. The van der Waals surface area contributed by atoms with E-state index in [-0.39, 0.29) is 5.75 Å². The lowest BCUT2D eigenvalue weighted by molar-refractivity contribution is 0.477. The molecule has 0 unspecified atom stereocenters. The number of rotatable bonds is 1. The molecule has 0 aliphatic heterocycles. The molecule has 0 atom stereocenters. The largest absolute Gasteiger partial charge is 0.507 e. The highest BCUT2D eigenvalue weighted by Crippen LogP contribution is 2.32. The lowest BCUT2D eigenvalue weighted by atomic mass is 10.00. The number of halogens is 1. The van der Waals surface area contributed by atoms with Gasteiger partial charge in [-0.1, -0.05) is 34.1 Å². The first kappa shape index (κ1) is 10.7. The first-order valence-electron chi connectivity index (χ1n) is 4.70. The number of para-hydroxylation sites is 1. The zero-order valence-corrected chi connectivity index (χ0v) is 9.90. The lowest BCUT2D eigenvalue weighted by Gasteiger charge is -2.06. The van der Waals surface area contributed by atoms with Crippen molar-refractivity contribution in [2.45, 2.75) is 0 Å². The van der Waals surface area contributed by atoms with Gasteiger partial charge in [0.1, 0.15) is 5.75 Å². The predicted molar refractivity (Wildman–Crippen MR) is 66.0 cm³/mol. The van der Waals surface area contributed by atoms with Gasteiger partial charge in [0, 0.05) is 15.6 Å². The minimum absolute atomic E-state index is 0.178. The van der Waals surface area contributed by atoms with Crippen LogP contribution in [0.5, 0.6) is 5.75 Å². The summed E-state index contributed by atoms with van der Waals surface area (Å²) in [7, 11) is 0. The van der Waals surface area contributed by atoms with Crippen molar-refractivity contribution in [2.75, 3.05) is 0 Å². The van der Waals surface area contributed by atoms with Crippen molar-refractivity contribution < 1.29 is 5.11 Å². The zero-order valence-electron chi connectivity index (χ0n) is 8.31. The second-order valence-corrected chi connectivity index (χ2v) is 4.23. The van der Waals surface area contributed by atoms with Crippen molar-refractivity contribution in [3.8, 4) is 22.9 Å². The maximum Gasteiger partial charge on any atom is 0.123 e. The fraction of sp³-hybridized carbons (Fsp3) is 0. The number of benzene rings is 2. The van der Waals surface area contributed by atoms with E-state index in [0.29, 0.717) is 11.1 Å². The summed E-state index contributed by atoms with van der Waals surface area (Å²) in [6.07, 6.45) is 0. The summed E-state index contributed by atoms with van der Waals surface area (Å²) in [5, 5.41) is 18.8. The normalized spacial score (nSPS) is 9.75. The van der Waals surface area contributed by atoms with Crippen LogP contribution < -0.4 is 0 Å². The molecule has 0 saturated heterocycles. The Balaban J connectivity index is 2.69. The van der Waals surface area contributed by atoms with Crippen molar-refractivity contribution >= 4 is 15.9 Å². The van der Waals surface area contributed by atoms with Crippen LogP contribution in [0.1, 0.15) is 5.56 Å². The fourth-order valence-electron chi connectivity index (χ4n) is 1.54. The molecule has 0 heterocycles. The average Bonchev–Trinajstić information content (AvgIpc) is 2.29. The Labute approximate surface area is 102 Å². The molecular formula is C13H8BrNO. The number of nitriles is 1. The Morgan fingerprint density at radius 2 is 1.81 bits per heavy atom. The van der Waals surface area contributed by atoms with Crippen molar-refractivity contribution in [3.05, 3.63) is 52.5 Å². The second-order valence-electron chi connectivity index (χ2n) is 3.32. The van der Waals surface area contributed by atoms with Gasteiger partial charge in [0.25, 0.3) is 0 Å². The molecule has 2 nitrogen and oxygen atoms in total. The van der Waals surface area contributed by atoms with E-state index < -0.39 is 0 Å². The molecule has 0 aliphatic rings. The van der Waals surface area contributed by atoms with Gasteiger partial charge in [-0.05, 0) is 24.3 Å². The monoisotopic (exact) mass is 273 g/mol. The van der Waals surface area contributed by atoms with Crippen molar-refractivity contribution in [3.63, 3.8) is 0 Å². The van der Waals surface area contributed by atoms with Gasteiger partial charge in [-0.3, -0.25) is 0 Å². The summed E-state index contributed by atoms with van der Waals surface area (Å²) < 4.78 is 0.879. The minimum atomic E-state index is 0.178. The maximum atomic E-state index is 9.75. The zero-order chi connectivity index (χ0) is 11.5. The van der Waals surface area contributed by atoms with Crippen LogP contribution in [-0.4, -0.2) is 5.11 Å². The Hall–Kier alpha value is -1.79. The van der Waals surface area contributed by atoms with Gasteiger partial charge in [0.15, 0.2) is 0 Å². The smallest absolute Gasteiger partial charge is 0.123 e. The molecule has 16 heavy (non-hydrogen) atoms. The fourth-order valence-corrected chi connectivity index (χ4v) is 1.90. The van der Waals surface area contributed by atoms with Crippen LogP contribution in [0.4, 0.5) is 0 Å². The number of hydrogen-bond acceptors (Lipinski definition) is 2. The van der Waals surface area contributed by atoms with Gasteiger partial charge in [0.2, 0.25) is 0 Å². The molecule has 0 saturated carbocycles. The first-order valence-corrected chi connectivity index (χ1v) is 5.49. The van der Waals surface area contributed by atoms with Gasteiger partial charge in [-0.2, -0.15) is 5.26 Å². The van der Waals surface area contributed by atoms with E-state index in [1.165, 1.54) is 0 Å². The summed E-state index contributed by atoms with van der Waals surface area (Å²) in [4.78, 5) is 0. The number of hydrogen-bond donors (Lipinski definition) is 1. The van der Waals surface area contributed by atoms with Crippen LogP contribution in [0.2, 0.25) is 0 Å². The van der Waals surface area contributed by atoms with Crippen LogP contribution in [0, 0.1) is 11.3 Å². The molecule has 2 aromatic carbocycles. The SMILES string of the molecule is N#Cc1ccc(Br)cc1-c1ccccc1O. The van der Waals surface area contributed by atoms with Gasteiger partial charge >= 0.3 is 0 Å². The van der Waals surface area contributed by atoms with E-state index in [2.05, 4.69) is 22.0 Å². The molecule has 0 aromatic heterocycles. The number of phenolic OH excluding ortho intramolecular Hbond substituents is 1. The Morgan fingerprint density at radius 1 is 1.06 bits per heavy atom. The van der Waals surface area contributed by atoms with E-state index in [4.69, 9.17) is 5.26 Å². The highest BCUT2D eigenvalue weighted by Gasteiger charge is 2.08. The Morgan fingerprint density at radius 3 is 2.50 bits per heavy atom. The van der Waals surface area contributed by atoms with Crippen molar-refractivity contribution in [1.29, 1.82) is 5.26 Å². The molecule has 0 fully saturated rings.